The Morgan fingerprint density at radius 3 is 2.50 bits per heavy atom. The molecule has 1 aliphatic heterocycles. The molecule has 2 aromatic carbocycles. The molecule has 1 saturated heterocycles. The SMILES string of the molecule is O=C(CCc1ncc(-c2ccc(Cl)cc2Cl)o1)Nc1ccc(S(=O)(=O)N2CCCC2)cc1. The molecule has 10 heteroatoms. The van der Waals surface area contributed by atoms with Gasteiger partial charge in [0.25, 0.3) is 0 Å². The lowest BCUT2D eigenvalue weighted by Gasteiger charge is -2.15. The number of amides is 1. The van der Waals surface area contributed by atoms with Crippen molar-refractivity contribution < 1.29 is 17.6 Å². The second-order valence-corrected chi connectivity index (χ2v) is 10.2. The molecule has 2 heterocycles. The van der Waals surface area contributed by atoms with E-state index in [1.165, 1.54) is 16.4 Å². The third-order valence-electron chi connectivity index (χ3n) is 5.16. The summed E-state index contributed by atoms with van der Waals surface area (Å²) in [6, 6.07) is 11.3. The van der Waals surface area contributed by atoms with Gasteiger partial charge in [-0.1, -0.05) is 23.2 Å². The Morgan fingerprint density at radius 2 is 1.81 bits per heavy atom. The van der Waals surface area contributed by atoms with Gasteiger partial charge in [0.2, 0.25) is 15.9 Å². The molecule has 0 spiro atoms. The van der Waals surface area contributed by atoms with Crippen LogP contribution in [0.25, 0.3) is 11.3 Å². The Labute approximate surface area is 196 Å². The van der Waals surface area contributed by atoms with Crippen LogP contribution in [0.2, 0.25) is 10.0 Å². The molecule has 0 saturated carbocycles. The molecule has 168 valence electrons. The summed E-state index contributed by atoms with van der Waals surface area (Å²) in [7, 11) is -3.47. The highest BCUT2D eigenvalue weighted by Crippen LogP contribution is 2.31. The van der Waals surface area contributed by atoms with E-state index in [0.29, 0.717) is 52.5 Å². The third-order valence-corrected chi connectivity index (χ3v) is 7.62. The van der Waals surface area contributed by atoms with Crippen molar-refractivity contribution in [3.8, 4) is 11.3 Å². The molecule has 1 fully saturated rings. The highest BCUT2D eigenvalue weighted by atomic mass is 35.5. The van der Waals surface area contributed by atoms with Crippen molar-refractivity contribution in [3.63, 3.8) is 0 Å². The van der Waals surface area contributed by atoms with Crippen LogP contribution in [0.4, 0.5) is 5.69 Å². The first-order valence-electron chi connectivity index (χ1n) is 10.1. The minimum atomic E-state index is -3.47. The summed E-state index contributed by atoms with van der Waals surface area (Å²) >= 11 is 12.1. The molecule has 1 aromatic heterocycles. The van der Waals surface area contributed by atoms with Gasteiger partial charge in [-0.25, -0.2) is 13.4 Å². The van der Waals surface area contributed by atoms with E-state index in [2.05, 4.69) is 10.3 Å². The molecule has 1 N–H and O–H groups in total. The molecule has 1 amide bonds. The van der Waals surface area contributed by atoms with E-state index < -0.39 is 10.0 Å². The third kappa shape index (κ3) is 5.15. The Hall–Kier alpha value is -2.39. The Balaban J connectivity index is 1.33. The highest BCUT2D eigenvalue weighted by molar-refractivity contribution is 7.89. The van der Waals surface area contributed by atoms with E-state index in [9.17, 15) is 13.2 Å². The molecular formula is C22H21Cl2N3O4S. The van der Waals surface area contributed by atoms with Gasteiger partial charge in [-0.2, -0.15) is 4.31 Å². The lowest BCUT2D eigenvalue weighted by atomic mass is 10.2. The number of nitrogens with zero attached hydrogens (tertiary/aromatic N) is 2. The zero-order valence-electron chi connectivity index (χ0n) is 17.1. The second kappa shape index (κ2) is 9.62. The lowest BCUT2D eigenvalue weighted by Crippen LogP contribution is -2.27. The van der Waals surface area contributed by atoms with Gasteiger partial charge >= 0.3 is 0 Å². The van der Waals surface area contributed by atoms with Gasteiger partial charge in [0.05, 0.1) is 16.1 Å². The smallest absolute Gasteiger partial charge is 0.243 e. The minimum Gasteiger partial charge on any atom is -0.441 e. The van der Waals surface area contributed by atoms with Crippen molar-refractivity contribution in [2.24, 2.45) is 0 Å². The summed E-state index contributed by atoms with van der Waals surface area (Å²) < 4.78 is 32.3. The van der Waals surface area contributed by atoms with E-state index in [1.54, 1.807) is 36.5 Å². The van der Waals surface area contributed by atoms with E-state index in [1.807, 2.05) is 0 Å². The van der Waals surface area contributed by atoms with Crippen molar-refractivity contribution in [2.75, 3.05) is 18.4 Å². The first kappa shape index (κ1) is 22.8. The number of hydrogen-bond acceptors (Lipinski definition) is 5. The van der Waals surface area contributed by atoms with Crippen LogP contribution in [0.5, 0.6) is 0 Å². The molecule has 0 unspecified atom stereocenters. The summed E-state index contributed by atoms with van der Waals surface area (Å²) in [5.41, 5.74) is 1.19. The van der Waals surface area contributed by atoms with Crippen LogP contribution in [0.1, 0.15) is 25.2 Å². The highest BCUT2D eigenvalue weighted by Gasteiger charge is 2.26. The van der Waals surface area contributed by atoms with Gasteiger partial charge in [0, 0.05) is 42.2 Å². The molecule has 0 radical (unpaired) electrons. The molecule has 0 aliphatic carbocycles. The van der Waals surface area contributed by atoms with Gasteiger partial charge in [-0.05, 0) is 55.3 Å². The number of carbonyl (C=O) groups is 1. The predicted octanol–water partition coefficient (Wildman–Crippen LogP) is 5.00. The van der Waals surface area contributed by atoms with Crippen molar-refractivity contribution in [1.29, 1.82) is 0 Å². The Bertz CT molecular complexity index is 1220. The molecule has 3 aromatic rings. The van der Waals surface area contributed by atoms with Gasteiger partial charge in [0.15, 0.2) is 11.7 Å². The number of oxazole rings is 1. The number of sulfonamides is 1. The summed E-state index contributed by atoms with van der Waals surface area (Å²) in [5, 5.41) is 3.74. The van der Waals surface area contributed by atoms with Crippen molar-refractivity contribution >= 4 is 44.8 Å². The summed E-state index contributed by atoms with van der Waals surface area (Å²) in [4.78, 5) is 16.7. The van der Waals surface area contributed by atoms with E-state index in [4.69, 9.17) is 27.6 Å². The number of carbonyl (C=O) groups excluding carboxylic acids is 1. The van der Waals surface area contributed by atoms with Crippen LogP contribution in [-0.2, 0) is 21.2 Å². The predicted molar refractivity (Wildman–Crippen MR) is 123 cm³/mol. The van der Waals surface area contributed by atoms with Crippen molar-refractivity contribution in [2.45, 2.75) is 30.6 Å². The monoisotopic (exact) mass is 493 g/mol. The number of aromatic nitrogens is 1. The molecule has 1 aliphatic rings. The summed E-state index contributed by atoms with van der Waals surface area (Å²) in [6.07, 6.45) is 3.78. The molecule has 32 heavy (non-hydrogen) atoms. The van der Waals surface area contributed by atoms with Crippen LogP contribution in [-0.4, -0.2) is 36.7 Å². The average Bonchev–Trinajstić information content (AvgIpc) is 3.45. The lowest BCUT2D eigenvalue weighted by molar-refractivity contribution is -0.116. The number of anilines is 1. The zero-order valence-corrected chi connectivity index (χ0v) is 19.4. The Kier molecular flexibility index (Phi) is 6.85. The first-order chi connectivity index (χ1) is 15.3. The molecule has 0 bridgehead atoms. The topological polar surface area (TPSA) is 92.5 Å². The fraction of sp³-hybridized carbons (Fsp3) is 0.273. The number of nitrogens with one attached hydrogen (secondary N) is 1. The quantitative estimate of drug-likeness (QED) is 0.499. The molecule has 7 nitrogen and oxygen atoms in total. The van der Waals surface area contributed by atoms with Crippen molar-refractivity contribution in [1.82, 2.24) is 9.29 Å². The average molecular weight is 494 g/mol. The van der Waals surface area contributed by atoms with Gasteiger partial charge in [-0.3, -0.25) is 4.79 Å². The van der Waals surface area contributed by atoms with E-state index >= 15 is 0 Å². The number of halogens is 2. The molecule has 4 rings (SSSR count). The summed E-state index contributed by atoms with van der Waals surface area (Å²) in [6.45, 7) is 1.10. The summed E-state index contributed by atoms with van der Waals surface area (Å²) in [5.74, 6) is 0.675. The number of hydrogen-bond donors (Lipinski definition) is 1. The standard InChI is InChI=1S/C22H21Cl2N3O4S/c23-15-3-8-18(19(24)13-15)20-14-25-22(31-20)10-9-21(28)26-16-4-6-17(7-5-16)32(29,30)27-11-1-2-12-27/h3-8,13-14H,1-2,9-12H2,(H,26,28). The van der Waals surface area contributed by atoms with Gasteiger partial charge < -0.3 is 9.73 Å². The number of aryl methyl sites for hydroxylation is 1. The maximum absolute atomic E-state index is 12.6. The normalized spacial score (nSPS) is 14.6. The largest absolute Gasteiger partial charge is 0.441 e. The van der Waals surface area contributed by atoms with Crippen LogP contribution in [0, 0.1) is 0 Å². The van der Waals surface area contributed by atoms with Gasteiger partial charge in [0.1, 0.15) is 0 Å². The first-order valence-corrected chi connectivity index (χ1v) is 12.3. The maximum Gasteiger partial charge on any atom is 0.243 e. The van der Waals surface area contributed by atoms with Crippen LogP contribution < -0.4 is 5.32 Å². The van der Waals surface area contributed by atoms with E-state index in [0.717, 1.165) is 12.8 Å². The fourth-order valence-corrected chi connectivity index (χ4v) is 5.49. The Morgan fingerprint density at radius 1 is 1.09 bits per heavy atom. The van der Waals surface area contributed by atoms with Crippen LogP contribution in [0.15, 0.2) is 58.0 Å². The van der Waals surface area contributed by atoms with Gasteiger partial charge in [-0.15, -0.1) is 0 Å². The molecular weight excluding hydrogens is 473 g/mol. The van der Waals surface area contributed by atoms with Crippen LogP contribution >= 0.6 is 23.2 Å². The number of rotatable bonds is 7. The van der Waals surface area contributed by atoms with E-state index in [-0.39, 0.29) is 17.2 Å². The number of benzene rings is 2. The zero-order chi connectivity index (χ0) is 22.7. The molecule has 0 atom stereocenters. The van der Waals surface area contributed by atoms with Crippen LogP contribution in [0.3, 0.4) is 0 Å². The van der Waals surface area contributed by atoms with Crippen molar-refractivity contribution in [3.05, 3.63) is 64.6 Å². The maximum atomic E-state index is 12.6. The fourth-order valence-electron chi connectivity index (χ4n) is 3.47. The minimum absolute atomic E-state index is 0.155. The second-order valence-electron chi connectivity index (χ2n) is 7.43.